The summed E-state index contributed by atoms with van der Waals surface area (Å²) in [6, 6.07) is 9.01. The van der Waals surface area contributed by atoms with Gasteiger partial charge in [0, 0.05) is 0 Å². The van der Waals surface area contributed by atoms with Crippen molar-refractivity contribution in [2.75, 3.05) is 0 Å². The Morgan fingerprint density at radius 3 is 2.17 bits per heavy atom. The summed E-state index contributed by atoms with van der Waals surface area (Å²) in [5, 5.41) is 0. The molecule has 0 unspecified atom stereocenters. The standard InChI is InChI=1S/C8H9F3Si/c9-8(10,11)12-6-7-4-2-1-3-5-7/h1-5H,6,12H2. The molecule has 1 aromatic rings. The predicted octanol–water partition coefficient (Wildman–Crippen LogP) is 1.88. The lowest BCUT2D eigenvalue weighted by Crippen LogP contribution is -2.20. The Bertz CT molecular complexity index is 230. The number of hydrogen-bond acceptors (Lipinski definition) is 0. The third-order valence-corrected chi connectivity index (χ3v) is 2.93. The Morgan fingerprint density at radius 2 is 1.67 bits per heavy atom. The van der Waals surface area contributed by atoms with Gasteiger partial charge in [0.15, 0.2) is 9.52 Å². The van der Waals surface area contributed by atoms with Gasteiger partial charge in [-0.05, 0) is 6.04 Å². The summed E-state index contributed by atoms with van der Waals surface area (Å²) < 4.78 is 35.4. The average molecular weight is 190 g/mol. The lowest BCUT2D eigenvalue weighted by Gasteiger charge is -2.04. The van der Waals surface area contributed by atoms with Crippen molar-refractivity contribution in [3.05, 3.63) is 35.9 Å². The summed E-state index contributed by atoms with van der Waals surface area (Å²) in [5.74, 6) is -3.91. The quantitative estimate of drug-likeness (QED) is 0.625. The summed E-state index contributed by atoms with van der Waals surface area (Å²) in [6.07, 6.45) is 0. The molecule has 0 spiro atoms. The molecule has 0 atom stereocenters. The zero-order valence-corrected chi connectivity index (χ0v) is 7.85. The fourth-order valence-corrected chi connectivity index (χ4v) is 1.84. The molecule has 0 aliphatic rings. The van der Waals surface area contributed by atoms with Crippen LogP contribution < -0.4 is 0 Å². The highest BCUT2D eigenvalue weighted by Crippen LogP contribution is 2.14. The molecule has 0 nitrogen and oxygen atoms in total. The van der Waals surface area contributed by atoms with Gasteiger partial charge in [0.2, 0.25) is 0 Å². The first-order chi connectivity index (χ1) is 5.58. The molecule has 12 heavy (non-hydrogen) atoms. The first-order valence-electron chi connectivity index (χ1n) is 3.68. The molecule has 4 heteroatoms. The highest BCUT2D eigenvalue weighted by molar-refractivity contribution is 6.37. The molecule has 0 amide bonds. The topological polar surface area (TPSA) is 0 Å². The van der Waals surface area contributed by atoms with Crippen LogP contribution in [-0.2, 0) is 6.04 Å². The fraction of sp³-hybridized carbons (Fsp3) is 0.250. The summed E-state index contributed by atoms with van der Waals surface area (Å²) in [6.45, 7) is 0. The summed E-state index contributed by atoms with van der Waals surface area (Å²) >= 11 is 0. The zero-order valence-electron chi connectivity index (χ0n) is 6.43. The second-order valence-electron chi connectivity index (χ2n) is 2.60. The number of hydrogen-bond donors (Lipinski definition) is 0. The van der Waals surface area contributed by atoms with Crippen LogP contribution in [0.25, 0.3) is 0 Å². The normalized spacial score (nSPS) is 12.6. The smallest absolute Gasteiger partial charge is 0.178 e. The van der Waals surface area contributed by atoms with Crippen LogP contribution in [-0.4, -0.2) is 15.3 Å². The number of halogens is 3. The van der Waals surface area contributed by atoms with Crippen molar-refractivity contribution in [2.45, 2.75) is 11.8 Å². The molecule has 0 aliphatic carbocycles. The van der Waals surface area contributed by atoms with E-state index in [-0.39, 0.29) is 6.04 Å². The maximum atomic E-state index is 11.8. The van der Waals surface area contributed by atoms with Gasteiger partial charge in [-0.2, -0.15) is 13.2 Å². The Kier molecular flexibility index (Phi) is 2.92. The highest BCUT2D eigenvalue weighted by atomic mass is 28.2. The van der Waals surface area contributed by atoms with Gasteiger partial charge in [-0.15, -0.1) is 0 Å². The molecule has 0 bridgehead atoms. The minimum absolute atomic E-state index is 0.213. The molecule has 66 valence electrons. The number of rotatable bonds is 2. The minimum atomic E-state index is -3.91. The Balaban J connectivity index is 2.44. The van der Waals surface area contributed by atoms with E-state index in [0.717, 1.165) is 5.56 Å². The van der Waals surface area contributed by atoms with Gasteiger partial charge in [-0.25, -0.2) is 0 Å². The second kappa shape index (κ2) is 3.76. The lowest BCUT2D eigenvalue weighted by molar-refractivity contribution is -0.0473. The third kappa shape index (κ3) is 3.57. The van der Waals surface area contributed by atoms with Crippen molar-refractivity contribution in [1.29, 1.82) is 0 Å². The third-order valence-electron chi connectivity index (χ3n) is 1.54. The Labute approximate surface area is 71.2 Å². The minimum Gasteiger partial charge on any atom is -0.178 e. The molecule has 1 rings (SSSR count). The van der Waals surface area contributed by atoms with Gasteiger partial charge < -0.3 is 0 Å². The van der Waals surface area contributed by atoms with Crippen LogP contribution >= 0.6 is 0 Å². The first kappa shape index (κ1) is 9.32. The van der Waals surface area contributed by atoms with Crippen molar-refractivity contribution in [2.24, 2.45) is 0 Å². The molecule has 0 radical (unpaired) electrons. The lowest BCUT2D eigenvalue weighted by atomic mass is 10.2. The largest absolute Gasteiger partial charge is 0.355 e. The Morgan fingerprint density at radius 1 is 1.08 bits per heavy atom. The van der Waals surface area contributed by atoms with E-state index in [1.807, 2.05) is 0 Å². The van der Waals surface area contributed by atoms with Crippen molar-refractivity contribution < 1.29 is 13.2 Å². The van der Waals surface area contributed by atoms with Crippen LogP contribution in [0, 0.1) is 0 Å². The maximum absolute atomic E-state index is 11.8. The van der Waals surface area contributed by atoms with Gasteiger partial charge >= 0.3 is 5.80 Å². The van der Waals surface area contributed by atoms with E-state index in [2.05, 4.69) is 0 Å². The van der Waals surface area contributed by atoms with Gasteiger partial charge in [-0.3, -0.25) is 0 Å². The average Bonchev–Trinajstić information content (AvgIpc) is 2.02. The highest BCUT2D eigenvalue weighted by Gasteiger charge is 2.26. The van der Waals surface area contributed by atoms with Crippen molar-refractivity contribution in [3.63, 3.8) is 0 Å². The van der Waals surface area contributed by atoms with E-state index in [4.69, 9.17) is 0 Å². The first-order valence-corrected chi connectivity index (χ1v) is 5.39. The van der Waals surface area contributed by atoms with Gasteiger partial charge in [0.05, 0.1) is 0 Å². The van der Waals surface area contributed by atoms with Gasteiger partial charge in [0.25, 0.3) is 0 Å². The fourth-order valence-electron chi connectivity index (χ4n) is 0.931. The Hall–Kier alpha value is -0.773. The van der Waals surface area contributed by atoms with Crippen LogP contribution in [0.2, 0.25) is 0 Å². The summed E-state index contributed by atoms with van der Waals surface area (Å²) in [5.41, 5.74) is 0.793. The molecule has 0 heterocycles. The number of benzene rings is 1. The molecule has 1 aromatic carbocycles. The summed E-state index contributed by atoms with van der Waals surface area (Å²) in [4.78, 5) is 0. The van der Waals surface area contributed by atoms with Crippen LogP contribution in [0.4, 0.5) is 13.2 Å². The van der Waals surface area contributed by atoms with Gasteiger partial charge in [0.1, 0.15) is 0 Å². The van der Waals surface area contributed by atoms with E-state index >= 15 is 0 Å². The van der Waals surface area contributed by atoms with E-state index in [1.165, 1.54) is 0 Å². The SMILES string of the molecule is FC(F)(F)[SiH2]Cc1ccccc1. The molecule has 0 N–H and O–H groups in total. The molecule has 0 aromatic heterocycles. The summed E-state index contributed by atoms with van der Waals surface area (Å²) in [7, 11) is -1.95. The molecule has 0 aliphatic heterocycles. The van der Waals surface area contributed by atoms with Crippen molar-refractivity contribution in [1.82, 2.24) is 0 Å². The van der Waals surface area contributed by atoms with E-state index < -0.39 is 15.3 Å². The van der Waals surface area contributed by atoms with Gasteiger partial charge in [-0.1, -0.05) is 35.9 Å². The van der Waals surface area contributed by atoms with E-state index in [0.29, 0.717) is 0 Å². The molecule has 0 fully saturated rings. The zero-order chi connectivity index (χ0) is 9.03. The van der Waals surface area contributed by atoms with Crippen LogP contribution in [0.1, 0.15) is 5.56 Å². The van der Waals surface area contributed by atoms with Crippen molar-refractivity contribution in [3.8, 4) is 0 Å². The number of alkyl halides is 3. The second-order valence-corrected chi connectivity index (χ2v) is 4.40. The van der Waals surface area contributed by atoms with Crippen LogP contribution in [0.15, 0.2) is 30.3 Å². The van der Waals surface area contributed by atoms with Crippen LogP contribution in [0.5, 0.6) is 0 Å². The van der Waals surface area contributed by atoms with E-state index in [9.17, 15) is 13.2 Å². The maximum Gasteiger partial charge on any atom is 0.355 e. The molecule has 0 saturated heterocycles. The van der Waals surface area contributed by atoms with E-state index in [1.54, 1.807) is 30.3 Å². The van der Waals surface area contributed by atoms with Crippen LogP contribution in [0.3, 0.4) is 0 Å². The van der Waals surface area contributed by atoms with Crippen molar-refractivity contribution >= 4 is 9.52 Å². The molecule has 0 saturated carbocycles. The molecular formula is C8H9F3Si. The monoisotopic (exact) mass is 190 g/mol. The predicted molar refractivity (Wildman–Crippen MR) is 44.7 cm³/mol. The molecular weight excluding hydrogens is 181 g/mol.